The van der Waals surface area contributed by atoms with Gasteiger partial charge in [0, 0.05) is 11.4 Å². The molecule has 17 heavy (non-hydrogen) atoms. The van der Waals surface area contributed by atoms with Crippen LogP contribution in [0.25, 0.3) is 0 Å². The van der Waals surface area contributed by atoms with Gasteiger partial charge in [0.2, 0.25) is 0 Å². The van der Waals surface area contributed by atoms with E-state index in [0.29, 0.717) is 12.5 Å². The number of aromatic nitrogens is 1. The Balaban J connectivity index is 0.00000256. The normalized spacial score (nSPS) is 11.1. The standard InChI is InChI=1S/C11H20N4S.HI/c1-4-5-6-13-11(12)14-7-10-8(2)16-9(3)15-10;/h4-7H2,1-3H3,(H3,12,13,14);1H. The fourth-order valence-corrected chi connectivity index (χ4v) is 2.15. The zero-order valence-corrected chi connectivity index (χ0v) is 13.8. The van der Waals surface area contributed by atoms with Gasteiger partial charge in [-0.05, 0) is 20.3 Å². The Morgan fingerprint density at radius 3 is 2.71 bits per heavy atom. The molecule has 0 bridgehead atoms. The summed E-state index contributed by atoms with van der Waals surface area (Å²) in [6.07, 6.45) is 2.27. The number of thiazole rings is 1. The number of aryl methyl sites for hydroxylation is 2. The number of nitrogens with one attached hydrogen (secondary N) is 1. The second kappa shape index (κ2) is 8.68. The van der Waals surface area contributed by atoms with Crippen molar-refractivity contribution in [2.24, 2.45) is 10.7 Å². The van der Waals surface area contributed by atoms with Gasteiger partial charge >= 0.3 is 0 Å². The molecule has 0 atom stereocenters. The Hall–Kier alpha value is -0.370. The van der Waals surface area contributed by atoms with Crippen LogP contribution in [0.4, 0.5) is 0 Å². The van der Waals surface area contributed by atoms with Crippen molar-refractivity contribution in [3.8, 4) is 0 Å². The monoisotopic (exact) mass is 368 g/mol. The zero-order valence-electron chi connectivity index (χ0n) is 10.6. The summed E-state index contributed by atoms with van der Waals surface area (Å²) in [7, 11) is 0. The van der Waals surface area contributed by atoms with Crippen LogP contribution >= 0.6 is 35.3 Å². The highest BCUT2D eigenvalue weighted by molar-refractivity contribution is 14.0. The van der Waals surface area contributed by atoms with Gasteiger partial charge in [0.15, 0.2) is 5.96 Å². The van der Waals surface area contributed by atoms with E-state index in [4.69, 9.17) is 5.73 Å². The van der Waals surface area contributed by atoms with Crippen LogP contribution in [0.2, 0.25) is 0 Å². The summed E-state index contributed by atoms with van der Waals surface area (Å²) in [5, 5.41) is 4.17. The predicted octanol–water partition coefficient (Wildman–Crippen LogP) is 2.58. The number of aliphatic imine (C=N–C) groups is 1. The number of hydrogen-bond donors (Lipinski definition) is 2. The molecule has 1 aromatic heterocycles. The van der Waals surface area contributed by atoms with E-state index in [0.717, 1.165) is 30.1 Å². The van der Waals surface area contributed by atoms with Gasteiger partial charge in [-0.1, -0.05) is 13.3 Å². The van der Waals surface area contributed by atoms with E-state index in [1.165, 1.54) is 4.88 Å². The lowest BCUT2D eigenvalue weighted by Gasteiger charge is -2.03. The number of unbranched alkanes of at least 4 members (excludes halogenated alkanes) is 1. The van der Waals surface area contributed by atoms with Crippen LogP contribution in [-0.4, -0.2) is 17.5 Å². The molecule has 0 aromatic carbocycles. The van der Waals surface area contributed by atoms with Crippen LogP contribution < -0.4 is 11.1 Å². The van der Waals surface area contributed by atoms with E-state index in [1.807, 2.05) is 6.92 Å². The van der Waals surface area contributed by atoms with Gasteiger partial charge in [0.25, 0.3) is 0 Å². The maximum Gasteiger partial charge on any atom is 0.188 e. The maximum absolute atomic E-state index is 5.73. The minimum atomic E-state index is 0. The van der Waals surface area contributed by atoms with Crippen LogP contribution in [0.5, 0.6) is 0 Å². The second-order valence-corrected chi connectivity index (χ2v) is 5.12. The molecule has 0 amide bonds. The van der Waals surface area contributed by atoms with Gasteiger partial charge in [-0.2, -0.15) is 0 Å². The molecule has 1 rings (SSSR count). The first-order valence-electron chi connectivity index (χ1n) is 5.60. The van der Waals surface area contributed by atoms with Crippen molar-refractivity contribution in [1.29, 1.82) is 0 Å². The van der Waals surface area contributed by atoms with E-state index in [9.17, 15) is 0 Å². The number of nitrogens with zero attached hydrogens (tertiary/aromatic N) is 2. The average Bonchev–Trinajstić information content (AvgIpc) is 2.55. The number of hydrogen-bond acceptors (Lipinski definition) is 3. The van der Waals surface area contributed by atoms with E-state index >= 15 is 0 Å². The van der Waals surface area contributed by atoms with Crippen LogP contribution in [0.1, 0.15) is 35.3 Å². The molecule has 6 heteroatoms. The minimum absolute atomic E-state index is 0. The second-order valence-electron chi connectivity index (χ2n) is 3.72. The van der Waals surface area contributed by atoms with Crippen molar-refractivity contribution in [1.82, 2.24) is 10.3 Å². The first kappa shape index (κ1) is 16.6. The van der Waals surface area contributed by atoms with Crippen LogP contribution in [0, 0.1) is 13.8 Å². The highest BCUT2D eigenvalue weighted by atomic mass is 127. The van der Waals surface area contributed by atoms with Crippen molar-refractivity contribution in [2.45, 2.75) is 40.2 Å². The van der Waals surface area contributed by atoms with Crippen molar-refractivity contribution in [3.63, 3.8) is 0 Å². The van der Waals surface area contributed by atoms with Crippen molar-refractivity contribution in [2.75, 3.05) is 6.54 Å². The maximum atomic E-state index is 5.73. The number of nitrogens with two attached hydrogens (primary N) is 1. The molecule has 0 spiro atoms. The summed E-state index contributed by atoms with van der Waals surface area (Å²) in [4.78, 5) is 9.90. The fourth-order valence-electron chi connectivity index (χ4n) is 1.33. The Morgan fingerprint density at radius 1 is 1.47 bits per heavy atom. The first-order chi connectivity index (χ1) is 7.63. The lowest BCUT2D eigenvalue weighted by atomic mass is 10.3. The van der Waals surface area contributed by atoms with E-state index in [1.54, 1.807) is 11.3 Å². The third-order valence-corrected chi connectivity index (χ3v) is 3.16. The summed E-state index contributed by atoms with van der Waals surface area (Å²) in [6, 6.07) is 0. The minimum Gasteiger partial charge on any atom is -0.370 e. The molecule has 0 aliphatic heterocycles. The van der Waals surface area contributed by atoms with Crippen molar-refractivity contribution in [3.05, 3.63) is 15.6 Å². The van der Waals surface area contributed by atoms with Crippen LogP contribution in [-0.2, 0) is 6.54 Å². The van der Waals surface area contributed by atoms with Gasteiger partial charge in [-0.15, -0.1) is 35.3 Å². The quantitative estimate of drug-likeness (QED) is 0.364. The lowest BCUT2D eigenvalue weighted by Crippen LogP contribution is -2.32. The fraction of sp³-hybridized carbons (Fsp3) is 0.636. The van der Waals surface area contributed by atoms with Gasteiger partial charge in [0.1, 0.15) is 0 Å². The molecular weight excluding hydrogens is 347 g/mol. The first-order valence-corrected chi connectivity index (χ1v) is 6.41. The predicted molar refractivity (Wildman–Crippen MR) is 85.2 cm³/mol. The molecule has 0 unspecified atom stereocenters. The van der Waals surface area contributed by atoms with Gasteiger partial charge in [-0.25, -0.2) is 9.98 Å². The molecule has 0 saturated carbocycles. The third-order valence-electron chi connectivity index (χ3n) is 2.24. The molecule has 0 saturated heterocycles. The topological polar surface area (TPSA) is 63.3 Å². The summed E-state index contributed by atoms with van der Waals surface area (Å²) in [5.74, 6) is 0.513. The molecule has 0 aliphatic rings. The van der Waals surface area contributed by atoms with E-state index < -0.39 is 0 Å². The number of halogens is 1. The molecule has 4 nitrogen and oxygen atoms in total. The largest absolute Gasteiger partial charge is 0.370 e. The van der Waals surface area contributed by atoms with Crippen molar-refractivity contribution >= 4 is 41.3 Å². The van der Waals surface area contributed by atoms with Crippen LogP contribution in [0.3, 0.4) is 0 Å². The molecule has 0 radical (unpaired) electrons. The molecular formula is C11H21IN4S. The number of guanidine groups is 1. The smallest absolute Gasteiger partial charge is 0.188 e. The van der Waals surface area contributed by atoms with Crippen molar-refractivity contribution < 1.29 is 0 Å². The molecule has 1 aromatic rings. The molecule has 0 aliphatic carbocycles. The molecule has 3 N–H and O–H groups in total. The SMILES string of the molecule is CCCCNC(N)=NCc1nc(C)sc1C.I. The summed E-state index contributed by atoms with van der Waals surface area (Å²) < 4.78 is 0. The van der Waals surface area contributed by atoms with E-state index in [-0.39, 0.29) is 24.0 Å². The Labute approximate surface area is 124 Å². The van der Waals surface area contributed by atoms with Gasteiger partial charge < -0.3 is 11.1 Å². The summed E-state index contributed by atoms with van der Waals surface area (Å²) >= 11 is 1.70. The van der Waals surface area contributed by atoms with Crippen LogP contribution in [0.15, 0.2) is 4.99 Å². The highest BCUT2D eigenvalue weighted by Crippen LogP contribution is 2.16. The van der Waals surface area contributed by atoms with Gasteiger partial charge in [-0.3, -0.25) is 0 Å². The Morgan fingerprint density at radius 2 is 2.18 bits per heavy atom. The molecule has 0 fully saturated rings. The molecule has 1 heterocycles. The summed E-state index contributed by atoms with van der Waals surface area (Å²) in [6.45, 7) is 7.68. The zero-order chi connectivity index (χ0) is 12.0. The lowest BCUT2D eigenvalue weighted by molar-refractivity contribution is 0.747. The Kier molecular flexibility index (Phi) is 8.49. The molecule has 98 valence electrons. The average molecular weight is 368 g/mol. The third kappa shape index (κ3) is 6.21. The Bertz CT molecular complexity index is 362. The highest BCUT2D eigenvalue weighted by Gasteiger charge is 2.03. The summed E-state index contributed by atoms with van der Waals surface area (Å²) in [5.41, 5.74) is 6.76. The number of rotatable bonds is 5. The van der Waals surface area contributed by atoms with Gasteiger partial charge in [0.05, 0.1) is 17.2 Å². The van der Waals surface area contributed by atoms with E-state index in [2.05, 4.69) is 29.1 Å².